The number of nitrogens with one attached hydrogen (secondary N) is 1. The molecule has 0 saturated carbocycles. The van der Waals surface area contributed by atoms with Gasteiger partial charge < -0.3 is 10.1 Å². The van der Waals surface area contributed by atoms with Gasteiger partial charge >= 0.3 is 0 Å². The molecule has 0 radical (unpaired) electrons. The fraction of sp³-hybridized carbons (Fsp3) is 0.533. The smallest absolute Gasteiger partial charge is 0.238 e. The lowest BCUT2D eigenvalue weighted by atomic mass is 10.1. The molecule has 1 rings (SSSR count). The van der Waals surface area contributed by atoms with E-state index in [9.17, 15) is 4.79 Å². The predicted molar refractivity (Wildman–Crippen MR) is 78.7 cm³/mol. The van der Waals surface area contributed by atoms with Crippen LogP contribution in [0.1, 0.15) is 45.2 Å². The number of amides is 1. The summed E-state index contributed by atoms with van der Waals surface area (Å²) in [5.41, 5.74) is 1.01. The number of hydrogen-bond donors (Lipinski definition) is 1. The van der Waals surface area contributed by atoms with Crippen LogP contribution in [0.4, 0.5) is 0 Å². The van der Waals surface area contributed by atoms with Crippen molar-refractivity contribution in [2.75, 3.05) is 6.61 Å². The van der Waals surface area contributed by atoms with Gasteiger partial charge in [0.2, 0.25) is 5.91 Å². The lowest BCUT2D eigenvalue weighted by Crippen LogP contribution is -2.33. The van der Waals surface area contributed by atoms with Gasteiger partial charge in [-0.25, -0.2) is 0 Å². The molecule has 0 heterocycles. The highest BCUT2D eigenvalue weighted by atomic mass is 35.5. The number of alkyl halides is 1. The third kappa shape index (κ3) is 5.11. The lowest BCUT2D eigenvalue weighted by molar-refractivity contribution is -0.121. The monoisotopic (exact) mass is 283 g/mol. The van der Waals surface area contributed by atoms with Crippen molar-refractivity contribution in [2.45, 2.75) is 45.0 Å². The van der Waals surface area contributed by atoms with E-state index in [2.05, 4.69) is 5.32 Å². The van der Waals surface area contributed by atoms with Crippen molar-refractivity contribution in [3.8, 4) is 5.75 Å². The summed E-state index contributed by atoms with van der Waals surface area (Å²) in [6, 6.07) is 7.66. The number of benzene rings is 1. The van der Waals surface area contributed by atoms with Crippen molar-refractivity contribution in [1.29, 1.82) is 0 Å². The Morgan fingerprint density at radius 3 is 2.79 bits per heavy atom. The summed E-state index contributed by atoms with van der Waals surface area (Å²) in [6.45, 7) is 6.53. The number of rotatable bonds is 7. The number of carbonyl (C=O) groups is 1. The van der Waals surface area contributed by atoms with Gasteiger partial charge in [-0.15, -0.1) is 11.6 Å². The molecule has 106 valence electrons. The lowest BCUT2D eigenvalue weighted by Gasteiger charge is -2.17. The number of hydrogen-bond acceptors (Lipinski definition) is 2. The summed E-state index contributed by atoms with van der Waals surface area (Å²) in [5, 5.41) is 2.47. The summed E-state index contributed by atoms with van der Waals surface area (Å²) in [6.07, 6.45) is 1.59. The van der Waals surface area contributed by atoms with Crippen LogP contribution < -0.4 is 10.1 Å². The van der Waals surface area contributed by atoms with Crippen LogP contribution in [0.25, 0.3) is 0 Å². The molecule has 3 nitrogen and oxygen atoms in total. The molecule has 0 unspecified atom stereocenters. The van der Waals surface area contributed by atoms with Gasteiger partial charge in [0, 0.05) is 0 Å². The second-order valence-corrected chi connectivity index (χ2v) is 5.02. The first-order chi connectivity index (χ1) is 9.08. The van der Waals surface area contributed by atoms with Crippen LogP contribution in [0.15, 0.2) is 24.3 Å². The topological polar surface area (TPSA) is 38.3 Å². The van der Waals surface area contributed by atoms with Crippen molar-refractivity contribution in [1.82, 2.24) is 5.32 Å². The van der Waals surface area contributed by atoms with Crippen LogP contribution in [0.3, 0.4) is 0 Å². The van der Waals surface area contributed by atoms with E-state index in [0.29, 0.717) is 13.0 Å². The van der Waals surface area contributed by atoms with E-state index in [0.717, 1.165) is 17.7 Å². The highest BCUT2D eigenvalue weighted by Gasteiger charge is 2.17. The summed E-state index contributed by atoms with van der Waals surface area (Å²) >= 11 is 6.01. The van der Waals surface area contributed by atoms with Crippen molar-refractivity contribution >= 4 is 17.5 Å². The fourth-order valence-electron chi connectivity index (χ4n) is 1.81. The standard InChI is InChI=1S/C15H22ClNO2/c1-4-7-14(16)15(18)17-11(3)12-8-6-9-13(10-12)19-5-2/h6,8-11,14H,4-5,7H2,1-3H3,(H,17,18)/t11-,14-/m0/s1. The van der Waals surface area contributed by atoms with E-state index in [1.807, 2.05) is 45.0 Å². The van der Waals surface area contributed by atoms with Crippen LogP contribution in [-0.4, -0.2) is 17.9 Å². The third-order valence-electron chi connectivity index (χ3n) is 2.85. The van der Waals surface area contributed by atoms with Gasteiger partial charge in [-0.05, 0) is 38.0 Å². The molecule has 0 aliphatic carbocycles. The summed E-state index contributed by atoms with van der Waals surface area (Å²) < 4.78 is 5.45. The van der Waals surface area contributed by atoms with Crippen LogP contribution >= 0.6 is 11.6 Å². The Bertz CT molecular complexity index is 409. The molecule has 1 amide bonds. The molecule has 0 saturated heterocycles. The molecular weight excluding hydrogens is 262 g/mol. The minimum absolute atomic E-state index is 0.0778. The number of halogens is 1. The number of carbonyl (C=O) groups excluding carboxylic acids is 1. The van der Waals surface area contributed by atoms with Gasteiger partial charge in [-0.2, -0.15) is 0 Å². The number of ether oxygens (including phenoxy) is 1. The molecule has 4 heteroatoms. The molecule has 0 aliphatic rings. The minimum atomic E-state index is -0.456. The molecular formula is C15H22ClNO2. The van der Waals surface area contributed by atoms with Crippen LogP contribution in [0.2, 0.25) is 0 Å². The second kappa shape index (κ2) is 8.05. The van der Waals surface area contributed by atoms with E-state index in [4.69, 9.17) is 16.3 Å². The van der Waals surface area contributed by atoms with E-state index < -0.39 is 5.38 Å². The van der Waals surface area contributed by atoms with Crippen LogP contribution in [0, 0.1) is 0 Å². The predicted octanol–water partition coefficient (Wildman–Crippen LogP) is 3.67. The van der Waals surface area contributed by atoms with Gasteiger partial charge in [-0.3, -0.25) is 4.79 Å². The Hall–Kier alpha value is -1.22. The van der Waals surface area contributed by atoms with Crippen molar-refractivity contribution in [2.24, 2.45) is 0 Å². The molecule has 0 aliphatic heterocycles. The molecule has 1 N–H and O–H groups in total. The zero-order chi connectivity index (χ0) is 14.3. The van der Waals surface area contributed by atoms with Gasteiger partial charge in [0.25, 0.3) is 0 Å². The molecule has 0 bridgehead atoms. The highest BCUT2D eigenvalue weighted by Crippen LogP contribution is 2.19. The molecule has 0 aromatic heterocycles. The zero-order valence-corrected chi connectivity index (χ0v) is 12.5. The Morgan fingerprint density at radius 1 is 1.42 bits per heavy atom. The van der Waals surface area contributed by atoms with Crippen molar-refractivity contribution < 1.29 is 9.53 Å². The molecule has 0 spiro atoms. The molecule has 0 fully saturated rings. The molecule has 1 aromatic carbocycles. The first-order valence-electron chi connectivity index (χ1n) is 6.75. The third-order valence-corrected chi connectivity index (χ3v) is 3.27. The SMILES string of the molecule is CCC[C@H](Cl)C(=O)N[C@@H](C)c1cccc(OCC)c1. The average Bonchev–Trinajstić information content (AvgIpc) is 2.39. The van der Waals surface area contributed by atoms with E-state index >= 15 is 0 Å². The quantitative estimate of drug-likeness (QED) is 0.776. The summed E-state index contributed by atoms with van der Waals surface area (Å²) in [7, 11) is 0. The highest BCUT2D eigenvalue weighted by molar-refractivity contribution is 6.30. The molecule has 2 atom stereocenters. The minimum Gasteiger partial charge on any atom is -0.494 e. The maximum atomic E-state index is 11.9. The van der Waals surface area contributed by atoms with Gasteiger partial charge in [0.05, 0.1) is 12.6 Å². The average molecular weight is 284 g/mol. The first-order valence-corrected chi connectivity index (χ1v) is 7.19. The van der Waals surface area contributed by atoms with Gasteiger partial charge in [-0.1, -0.05) is 25.5 Å². The maximum Gasteiger partial charge on any atom is 0.238 e. The van der Waals surface area contributed by atoms with E-state index in [1.165, 1.54) is 0 Å². The van der Waals surface area contributed by atoms with Gasteiger partial charge in [0.15, 0.2) is 0 Å². The fourth-order valence-corrected chi connectivity index (χ4v) is 2.09. The van der Waals surface area contributed by atoms with E-state index in [1.54, 1.807) is 0 Å². The van der Waals surface area contributed by atoms with Crippen molar-refractivity contribution in [3.05, 3.63) is 29.8 Å². The second-order valence-electron chi connectivity index (χ2n) is 4.49. The normalized spacial score (nSPS) is 13.7. The molecule has 1 aromatic rings. The Labute approximate surface area is 120 Å². The van der Waals surface area contributed by atoms with Gasteiger partial charge in [0.1, 0.15) is 11.1 Å². The molecule has 19 heavy (non-hydrogen) atoms. The first kappa shape index (κ1) is 15.8. The maximum absolute atomic E-state index is 11.9. The largest absolute Gasteiger partial charge is 0.494 e. The summed E-state index contributed by atoms with van der Waals surface area (Å²) in [4.78, 5) is 11.9. The van der Waals surface area contributed by atoms with Crippen molar-refractivity contribution in [3.63, 3.8) is 0 Å². The Morgan fingerprint density at radius 2 is 2.16 bits per heavy atom. The zero-order valence-electron chi connectivity index (χ0n) is 11.8. The summed E-state index contributed by atoms with van der Waals surface area (Å²) in [5.74, 6) is 0.704. The van der Waals surface area contributed by atoms with E-state index in [-0.39, 0.29) is 11.9 Å². The van der Waals surface area contributed by atoms with Crippen LogP contribution in [0.5, 0.6) is 5.75 Å². The Kier molecular flexibility index (Phi) is 6.71. The van der Waals surface area contributed by atoms with Crippen LogP contribution in [-0.2, 0) is 4.79 Å². The Balaban J connectivity index is 2.64.